The van der Waals surface area contributed by atoms with Crippen LogP contribution in [0.4, 0.5) is 0 Å². The highest BCUT2D eigenvalue weighted by molar-refractivity contribution is 7.12. The van der Waals surface area contributed by atoms with Gasteiger partial charge in [0.15, 0.2) is 10.7 Å². The fourth-order valence-corrected chi connectivity index (χ4v) is 2.80. The number of ether oxygens (including phenoxy) is 1. The normalized spacial score (nSPS) is 10.8. The molecule has 0 aliphatic carbocycles. The van der Waals surface area contributed by atoms with Crippen molar-refractivity contribution in [2.24, 2.45) is 0 Å². The minimum absolute atomic E-state index is 0.0993. The third-order valence-corrected chi connectivity index (χ3v) is 3.93. The molecular weight excluding hydrogens is 302 g/mol. The molecule has 0 aliphatic rings. The zero-order valence-corrected chi connectivity index (χ0v) is 12.6. The van der Waals surface area contributed by atoms with Gasteiger partial charge in [0, 0.05) is 22.5 Å². The van der Waals surface area contributed by atoms with Crippen molar-refractivity contribution < 1.29 is 14.3 Å². The maximum Gasteiger partial charge on any atom is 0.359 e. The van der Waals surface area contributed by atoms with Gasteiger partial charge in [-0.05, 0) is 13.1 Å². The molecule has 0 radical (unpaired) electrons. The molecule has 0 bridgehead atoms. The summed E-state index contributed by atoms with van der Waals surface area (Å²) in [4.78, 5) is 31.4. The average molecular weight is 315 g/mol. The van der Waals surface area contributed by atoms with Crippen LogP contribution < -0.4 is 5.32 Å². The highest BCUT2D eigenvalue weighted by Crippen LogP contribution is 2.22. The van der Waals surface area contributed by atoms with Crippen molar-refractivity contribution in [3.05, 3.63) is 52.1 Å². The number of hydrogen-bond donors (Lipinski definition) is 2. The van der Waals surface area contributed by atoms with E-state index in [0.717, 1.165) is 22.2 Å². The van der Waals surface area contributed by atoms with Gasteiger partial charge in [0.25, 0.3) is 0 Å². The van der Waals surface area contributed by atoms with Gasteiger partial charge in [-0.2, -0.15) is 0 Å². The first-order valence-corrected chi connectivity index (χ1v) is 7.46. The molecule has 7 heteroatoms. The number of H-pyrrole nitrogens is 1. The summed E-state index contributed by atoms with van der Waals surface area (Å²) in [7, 11) is 1.67. The molecule has 0 saturated carbocycles. The SMILES string of the molecule is CNCOC(=O)c1csc(C(=O)c2c[nH]c3ccccc23)n1. The molecule has 0 atom stereocenters. The second kappa shape index (κ2) is 6.08. The van der Waals surface area contributed by atoms with Crippen LogP contribution in [0.2, 0.25) is 0 Å². The quantitative estimate of drug-likeness (QED) is 0.428. The van der Waals surface area contributed by atoms with Gasteiger partial charge in [-0.25, -0.2) is 9.78 Å². The molecule has 0 fully saturated rings. The summed E-state index contributed by atoms with van der Waals surface area (Å²) in [6, 6.07) is 7.53. The summed E-state index contributed by atoms with van der Waals surface area (Å²) in [5.74, 6) is -0.765. The van der Waals surface area contributed by atoms with Crippen LogP contribution in [0.5, 0.6) is 0 Å². The molecular formula is C15H13N3O3S. The summed E-state index contributed by atoms with van der Waals surface area (Å²) in [5.41, 5.74) is 1.57. The van der Waals surface area contributed by atoms with E-state index in [1.54, 1.807) is 13.2 Å². The number of aromatic amines is 1. The fraction of sp³-hybridized carbons (Fsp3) is 0.133. The Morgan fingerprint density at radius 1 is 1.36 bits per heavy atom. The predicted molar refractivity (Wildman–Crippen MR) is 83.2 cm³/mol. The Bertz CT molecular complexity index is 837. The van der Waals surface area contributed by atoms with Gasteiger partial charge >= 0.3 is 5.97 Å². The zero-order chi connectivity index (χ0) is 15.5. The lowest BCUT2D eigenvalue weighted by Crippen LogP contribution is -2.16. The van der Waals surface area contributed by atoms with Crippen molar-refractivity contribution in [2.45, 2.75) is 0 Å². The summed E-state index contributed by atoms with van der Waals surface area (Å²) in [6.45, 7) is 0.0993. The number of benzene rings is 1. The number of nitrogens with one attached hydrogen (secondary N) is 2. The number of nitrogens with zero attached hydrogens (tertiary/aromatic N) is 1. The largest absolute Gasteiger partial charge is 0.445 e. The number of esters is 1. The molecule has 0 amide bonds. The second-order valence-corrected chi connectivity index (χ2v) is 5.40. The Hall–Kier alpha value is -2.51. The third-order valence-electron chi connectivity index (χ3n) is 3.09. The Morgan fingerprint density at radius 3 is 3.00 bits per heavy atom. The van der Waals surface area contributed by atoms with Crippen LogP contribution in [0, 0.1) is 0 Å². The van der Waals surface area contributed by atoms with Gasteiger partial charge in [-0.3, -0.25) is 10.1 Å². The highest BCUT2D eigenvalue weighted by Gasteiger charge is 2.20. The Balaban J connectivity index is 1.87. The van der Waals surface area contributed by atoms with Crippen LogP contribution >= 0.6 is 11.3 Å². The van der Waals surface area contributed by atoms with Gasteiger partial charge in [0.1, 0.15) is 6.73 Å². The minimum Gasteiger partial charge on any atom is -0.445 e. The first kappa shape index (κ1) is 14.4. The minimum atomic E-state index is -0.552. The maximum absolute atomic E-state index is 12.5. The molecule has 22 heavy (non-hydrogen) atoms. The predicted octanol–water partition coefficient (Wildman–Crippen LogP) is 2.19. The first-order chi connectivity index (χ1) is 10.7. The summed E-state index contributed by atoms with van der Waals surface area (Å²) < 4.78 is 4.91. The van der Waals surface area contributed by atoms with Crippen molar-refractivity contribution in [3.63, 3.8) is 0 Å². The average Bonchev–Trinajstić information content (AvgIpc) is 3.19. The summed E-state index contributed by atoms with van der Waals surface area (Å²) in [6.07, 6.45) is 1.66. The number of carbonyl (C=O) groups excluding carboxylic acids is 2. The number of ketones is 1. The Morgan fingerprint density at radius 2 is 2.18 bits per heavy atom. The number of para-hydroxylation sites is 1. The standard InChI is InChI=1S/C15H13N3O3S/c1-16-8-21-15(20)12-7-22-14(18-12)13(19)10-6-17-11-5-3-2-4-9(10)11/h2-7,16-17H,8H2,1H3. The van der Waals surface area contributed by atoms with Gasteiger partial charge < -0.3 is 9.72 Å². The molecule has 0 aliphatic heterocycles. The second-order valence-electron chi connectivity index (χ2n) is 4.54. The lowest BCUT2D eigenvalue weighted by Gasteiger charge is -1.99. The van der Waals surface area contributed by atoms with E-state index < -0.39 is 5.97 Å². The topological polar surface area (TPSA) is 84.1 Å². The molecule has 3 rings (SSSR count). The lowest BCUT2D eigenvalue weighted by atomic mass is 10.1. The van der Waals surface area contributed by atoms with E-state index in [4.69, 9.17) is 4.74 Å². The molecule has 112 valence electrons. The van der Waals surface area contributed by atoms with E-state index in [9.17, 15) is 9.59 Å². The van der Waals surface area contributed by atoms with Crippen molar-refractivity contribution in [3.8, 4) is 0 Å². The van der Waals surface area contributed by atoms with Crippen molar-refractivity contribution in [2.75, 3.05) is 13.8 Å². The number of hydrogen-bond acceptors (Lipinski definition) is 6. The van der Waals surface area contributed by atoms with E-state index in [1.807, 2.05) is 24.3 Å². The van der Waals surface area contributed by atoms with Crippen molar-refractivity contribution in [1.29, 1.82) is 0 Å². The van der Waals surface area contributed by atoms with Gasteiger partial charge in [-0.15, -0.1) is 11.3 Å². The van der Waals surface area contributed by atoms with Crippen LogP contribution in [0.15, 0.2) is 35.8 Å². The molecule has 1 aromatic carbocycles. The van der Waals surface area contributed by atoms with Crippen LogP contribution in [-0.4, -0.2) is 35.5 Å². The van der Waals surface area contributed by atoms with Crippen LogP contribution in [0.1, 0.15) is 25.9 Å². The molecule has 0 spiro atoms. The van der Waals surface area contributed by atoms with Crippen molar-refractivity contribution in [1.82, 2.24) is 15.3 Å². The summed E-state index contributed by atoms with van der Waals surface area (Å²) >= 11 is 1.13. The number of fused-ring (bicyclic) bond motifs is 1. The molecule has 6 nitrogen and oxygen atoms in total. The Kier molecular flexibility index (Phi) is 3.99. The molecule has 2 aromatic heterocycles. The number of carbonyl (C=O) groups is 2. The molecule has 0 unspecified atom stereocenters. The van der Waals surface area contributed by atoms with Gasteiger partial charge in [0.05, 0.1) is 5.56 Å². The maximum atomic E-state index is 12.5. The van der Waals surface area contributed by atoms with E-state index in [0.29, 0.717) is 5.56 Å². The smallest absolute Gasteiger partial charge is 0.359 e. The molecule has 2 N–H and O–H groups in total. The van der Waals surface area contributed by atoms with E-state index in [2.05, 4.69) is 15.3 Å². The number of aromatic nitrogens is 2. The van der Waals surface area contributed by atoms with Crippen LogP contribution in [0.25, 0.3) is 10.9 Å². The third kappa shape index (κ3) is 2.63. The number of rotatable bonds is 5. The molecule has 0 saturated heterocycles. The van der Waals surface area contributed by atoms with Gasteiger partial charge in [-0.1, -0.05) is 18.2 Å². The van der Waals surface area contributed by atoms with Crippen molar-refractivity contribution >= 4 is 34.0 Å². The Labute approximate surface area is 130 Å². The van der Waals surface area contributed by atoms with E-state index in [-0.39, 0.29) is 23.2 Å². The summed E-state index contributed by atoms with van der Waals surface area (Å²) in [5, 5.41) is 5.33. The molecule has 2 heterocycles. The zero-order valence-electron chi connectivity index (χ0n) is 11.8. The first-order valence-electron chi connectivity index (χ1n) is 6.59. The molecule has 3 aromatic rings. The van der Waals surface area contributed by atoms with Crippen LogP contribution in [-0.2, 0) is 4.74 Å². The van der Waals surface area contributed by atoms with E-state index in [1.165, 1.54) is 5.38 Å². The van der Waals surface area contributed by atoms with Gasteiger partial charge in [0.2, 0.25) is 5.78 Å². The number of thiazole rings is 1. The highest BCUT2D eigenvalue weighted by atomic mass is 32.1. The van der Waals surface area contributed by atoms with Crippen LogP contribution in [0.3, 0.4) is 0 Å². The fourth-order valence-electron chi connectivity index (χ4n) is 2.06. The van der Waals surface area contributed by atoms with E-state index >= 15 is 0 Å². The monoisotopic (exact) mass is 315 g/mol. The lowest BCUT2D eigenvalue weighted by molar-refractivity contribution is 0.0475.